The number of hydrogen-bond acceptors (Lipinski definition) is 6. The van der Waals surface area contributed by atoms with E-state index in [1.165, 1.54) is 19.1 Å². The molecule has 120 valence electrons. The summed E-state index contributed by atoms with van der Waals surface area (Å²) in [4.78, 5) is 32.7. The van der Waals surface area contributed by atoms with Gasteiger partial charge in [-0.05, 0) is 25.1 Å². The van der Waals surface area contributed by atoms with Crippen molar-refractivity contribution in [3.05, 3.63) is 73.3 Å². The Labute approximate surface area is 135 Å². The lowest BCUT2D eigenvalue weighted by Crippen LogP contribution is -2.14. The van der Waals surface area contributed by atoms with Crippen molar-refractivity contribution in [3.8, 4) is 6.07 Å². The van der Waals surface area contributed by atoms with E-state index in [0.29, 0.717) is 11.3 Å². The highest BCUT2D eigenvalue weighted by atomic mass is 16.6. The van der Waals surface area contributed by atoms with Gasteiger partial charge in [0.05, 0.1) is 33.1 Å². The number of carbonyl (C=O) groups is 1. The van der Waals surface area contributed by atoms with Gasteiger partial charge in [0.15, 0.2) is 0 Å². The quantitative estimate of drug-likeness (QED) is 0.676. The minimum absolute atomic E-state index is 0.0135. The zero-order valence-electron chi connectivity index (χ0n) is 12.3. The number of benzene rings is 2. The molecule has 0 spiro atoms. The molecule has 1 amide bonds. The fraction of sp³-hybridized carbons (Fsp3) is 0.0667. The molecule has 0 fully saturated rings. The van der Waals surface area contributed by atoms with Crippen molar-refractivity contribution in [2.45, 2.75) is 6.92 Å². The number of anilines is 1. The van der Waals surface area contributed by atoms with Crippen LogP contribution in [0.15, 0.2) is 36.4 Å². The van der Waals surface area contributed by atoms with Gasteiger partial charge >= 0.3 is 0 Å². The Bertz CT molecular complexity index is 901. The second kappa shape index (κ2) is 6.53. The first-order valence-corrected chi connectivity index (χ1v) is 6.58. The van der Waals surface area contributed by atoms with Gasteiger partial charge in [-0.2, -0.15) is 5.26 Å². The third kappa shape index (κ3) is 3.33. The summed E-state index contributed by atoms with van der Waals surface area (Å²) in [5, 5.41) is 33.3. The molecule has 0 aliphatic rings. The van der Waals surface area contributed by atoms with E-state index in [2.05, 4.69) is 5.32 Å². The lowest BCUT2D eigenvalue weighted by Gasteiger charge is -2.08. The lowest BCUT2D eigenvalue weighted by atomic mass is 10.0. The Morgan fingerprint density at radius 3 is 2.46 bits per heavy atom. The second-order valence-corrected chi connectivity index (χ2v) is 4.80. The van der Waals surface area contributed by atoms with Gasteiger partial charge in [-0.15, -0.1) is 0 Å². The highest BCUT2D eigenvalue weighted by Crippen LogP contribution is 2.28. The van der Waals surface area contributed by atoms with E-state index in [4.69, 9.17) is 5.26 Å². The van der Waals surface area contributed by atoms with Crippen molar-refractivity contribution in [2.75, 3.05) is 5.32 Å². The SMILES string of the molecule is Cc1c(C(=O)Nc2cccc(C#N)c2)cc([N+](=O)[O-])cc1[N+](=O)[O-]. The number of carbonyl (C=O) groups excluding carboxylic acids is 1. The fourth-order valence-electron chi connectivity index (χ4n) is 2.08. The van der Waals surface area contributed by atoms with Crippen LogP contribution in [0.4, 0.5) is 17.1 Å². The van der Waals surface area contributed by atoms with Crippen molar-refractivity contribution >= 4 is 23.0 Å². The van der Waals surface area contributed by atoms with Crippen LogP contribution < -0.4 is 5.32 Å². The van der Waals surface area contributed by atoms with Crippen LogP contribution in [0.1, 0.15) is 21.5 Å². The number of nitro benzene ring substituents is 2. The first-order chi connectivity index (χ1) is 11.3. The molecule has 2 aromatic rings. The molecule has 2 rings (SSSR count). The maximum atomic E-state index is 12.3. The van der Waals surface area contributed by atoms with Crippen LogP contribution in [0.5, 0.6) is 0 Å². The van der Waals surface area contributed by atoms with E-state index in [1.807, 2.05) is 6.07 Å². The average Bonchev–Trinajstić information content (AvgIpc) is 2.54. The van der Waals surface area contributed by atoms with E-state index >= 15 is 0 Å². The van der Waals surface area contributed by atoms with Gasteiger partial charge in [0, 0.05) is 17.3 Å². The minimum Gasteiger partial charge on any atom is -0.322 e. The zero-order valence-corrected chi connectivity index (χ0v) is 12.3. The first-order valence-electron chi connectivity index (χ1n) is 6.58. The molecule has 0 aliphatic heterocycles. The number of non-ortho nitro benzene ring substituents is 1. The molecule has 0 saturated carbocycles. The van der Waals surface area contributed by atoms with Crippen LogP contribution in [-0.4, -0.2) is 15.8 Å². The average molecular weight is 326 g/mol. The van der Waals surface area contributed by atoms with Crippen molar-refractivity contribution in [2.24, 2.45) is 0 Å². The smallest absolute Gasteiger partial charge is 0.279 e. The zero-order chi connectivity index (χ0) is 17.9. The first kappa shape index (κ1) is 16.6. The van der Waals surface area contributed by atoms with Crippen LogP contribution >= 0.6 is 0 Å². The van der Waals surface area contributed by atoms with Gasteiger partial charge in [-0.25, -0.2) is 0 Å². The maximum Gasteiger partial charge on any atom is 0.279 e. The molecule has 9 heteroatoms. The van der Waals surface area contributed by atoms with Gasteiger partial charge in [0.1, 0.15) is 0 Å². The monoisotopic (exact) mass is 326 g/mol. The standard InChI is InChI=1S/C15H10N4O5/c1-9-13(6-12(18(21)22)7-14(9)19(23)24)15(20)17-11-4-2-3-10(5-11)8-16/h2-7H,1H3,(H,17,20). The van der Waals surface area contributed by atoms with E-state index in [-0.39, 0.29) is 11.1 Å². The highest BCUT2D eigenvalue weighted by molar-refractivity contribution is 6.06. The molecular weight excluding hydrogens is 316 g/mol. The topological polar surface area (TPSA) is 139 Å². The summed E-state index contributed by atoms with van der Waals surface area (Å²) in [6.45, 7) is 1.34. The molecule has 1 N–H and O–H groups in total. The molecule has 0 saturated heterocycles. The number of nitro groups is 2. The van der Waals surface area contributed by atoms with Crippen molar-refractivity contribution < 1.29 is 14.6 Å². The third-order valence-electron chi connectivity index (χ3n) is 3.27. The maximum absolute atomic E-state index is 12.3. The van der Waals surface area contributed by atoms with Gasteiger partial charge in [0.25, 0.3) is 17.3 Å². The normalized spacial score (nSPS) is 9.83. The number of rotatable bonds is 4. The van der Waals surface area contributed by atoms with Crippen LogP contribution in [0, 0.1) is 38.5 Å². The summed E-state index contributed by atoms with van der Waals surface area (Å²) in [6.07, 6.45) is 0. The van der Waals surface area contributed by atoms with Crippen molar-refractivity contribution in [1.29, 1.82) is 5.26 Å². The van der Waals surface area contributed by atoms with Gasteiger partial charge in [-0.3, -0.25) is 25.0 Å². The number of hydrogen-bond donors (Lipinski definition) is 1. The summed E-state index contributed by atoms with van der Waals surface area (Å²) in [5.74, 6) is -0.741. The van der Waals surface area contributed by atoms with Crippen LogP contribution in [-0.2, 0) is 0 Å². The summed E-state index contributed by atoms with van der Waals surface area (Å²) in [7, 11) is 0. The molecule has 9 nitrogen and oxygen atoms in total. The van der Waals surface area contributed by atoms with Gasteiger partial charge < -0.3 is 5.32 Å². The minimum atomic E-state index is -0.806. The molecule has 24 heavy (non-hydrogen) atoms. The van der Waals surface area contributed by atoms with Crippen LogP contribution in [0.25, 0.3) is 0 Å². The molecule has 0 bridgehead atoms. The number of nitrogens with zero attached hydrogens (tertiary/aromatic N) is 3. The van der Waals surface area contributed by atoms with Gasteiger partial charge in [-0.1, -0.05) is 6.07 Å². The Morgan fingerprint density at radius 2 is 1.88 bits per heavy atom. The van der Waals surface area contributed by atoms with E-state index in [0.717, 1.165) is 12.1 Å². The molecular formula is C15H10N4O5. The molecule has 0 heterocycles. The molecule has 0 aliphatic carbocycles. The van der Waals surface area contributed by atoms with Crippen molar-refractivity contribution in [3.63, 3.8) is 0 Å². The third-order valence-corrected chi connectivity index (χ3v) is 3.27. The number of amides is 1. The molecule has 0 aromatic heterocycles. The van der Waals surface area contributed by atoms with Crippen molar-refractivity contribution in [1.82, 2.24) is 0 Å². The van der Waals surface area contributed by atoms with E-state index < -0.39 is 27.1 Å². The molecule has 0 unspecified atom stereocenters. The summed E-state index contributed by atoms with van der Waals surface area (Å²) >= 11 is 0. The summed E-state index contributed by atoms with van der Waals surface area (Å²) in [6, 6.07) is 9.73. The Balaban J connectivity index is 2.46. The van der Waals surface area contributed by atoms with E-state index in [9.17, 15) is 25.0 Å². The fourth-order valence-corrected chi connectivity index (χ4v) is 2.08. The lowest BCUT2D eigenvalue weighted by molar-refractivity contribution is -0.394. The molecule has 2 aromatic carbocycles. The predicted octanol–water partition coefficient (Wildman–Crippen LogP) is 2.94. The van der Waals surface area contributed by atoms with Gasteiger partial charge in [0.2, 0.25) is 0 Å². The largest absolute Gasteiger partial charge is 0.322 e. The predicted molar refractivity (Wildman–Crippen MR) is 83.6 cm³/mol. The Kier molecular flexibility index (Phi) is 4.51. The number of nitriles is 1. The Hall–Kier alpha value is -3.80. The highest BCUT2D eigenvalue weighted by Gasteiger charge is 2.24. The summed E-state index contributed by atoms with van der Waals surface area (Å²) in [5.41, 5.74) is -0.622. The van der Waals surface area contributed by atoms with E-state index in [1.54, 1.807) is 12.1 Å². The molecule has 0 atom stereocenters. The molecule has 0 radical (unpaired) electrons. The second-order valence-electron chi connectivity index (χ2n) is 4.80. The van der Waals surface area contributed by atoms with Crippen LogP contribution in [0.2, 0.25) is 0 Å². The van der Waals surface area contributed by atoms with Crippen LogP contribution in [0.3, 0.4) is 0 Å². The number of nitrogens with one attached hydrogen (secondary N) is 1. The summed E-state index contributed by atoms with van der Waals surface area (Å²) < 4.78 is 0. The Morgan fingerprint density at radius 1 is 1.17 bits per heavy atom.